The summed E-state index contributed by atoms with van der Waals surface area (Å²) in [5.74, 6) is -2.66. The molecule has 0 saturated carbocycles. The monoisotopic (exact) mass is 608 g/mol. The van der Waals surface area contributed by atoms with Gasteiger partial charge in [0.2, 0.25) is 9.84 Å². The molecule has 0 aliphatic carbocycles. The molecular formula is C30H18Cl2O8S. The Morgan fingerprint density at radius 1 is 0.537 bits per heavy atom. The molecule has 0 amide bonds. The minimum Gasteiger partial charge on any atom is -0.454 e. The molecule has 1 heterocycles. The van der Waals surface area contributed by atoms with Crippen molar-refractivity contribution in [2.24, 2.45) is 0 Å². The number of carbonyl (C=O) groups excluding carboxylic acids is 4. The lowest BCUT2D eigenvalue weighted by molar-refractivity contribution is 0.0472. The zero-order valence-corrected chi connectivity index (χ0v) is 23.3. The largest absolute Gasteiger partial charge is 0.454 e. The summed E-state index contributed by atoms with van der Waals surface area (Å²) in [6.45, 7) is -1.09. The van der Waals surface area contributed by atoms with Crippen molar-refractivity contribution in [3.8, 4) is 11.1 Å². The lowest BCUT2D eigenvalue weighted by Crippen LogP contribution is -2.14. The van der Waals surface area contributed by atoms with Gasteiger partial charge in [0, 0.05) is 32.3 Å². The molecule has 0 N–H and O–H groups in total. The number of fused-ring (bicyclic) bond motifs is 3. The molecule has 0 radical (unpaired) electrons. The van der Waals surface area contributed by atoms with Crippen molar-refractivity contribution < 1.29 is 37.1 Å². The first-order chi connectivity index (χ1) is 19.5. The highest BCUT2D eigenvalue weighted by atomic mass is 35.5. The Bertz CT molecular complexity index is 1700. The van der Waals surface area contributed by atoms with Crippen LogP contribution in [0.15, 0.2) is 94.7 Å². The highest BCUT2D eigenvalue weighted by Crippen LogP contribution is 2.44. The van der Waals surface area contributed by atoms with E-state index in [0.717, 1.165) is 0 Å². The normalized spacial score (nSPS) is 12.6. The number of esters is 2. The lowest BCUT2D eigenvalue weighted by Gasteiger charge is -2.06. The summed E-state index contributed by atoms with van der Waals surface area (Å²) in [6, 6.07) is 20.2. The van der Waals surface area contributed by atoms with Crippen LogP contribution in [0.3, 0.4) is 0 Å². The predicted molar refractivity (Wildman–Crippen MR) is 149 cm³/mol. The Morgan fingerprint density at radius 2 is 0.878 bits per heavy atom. The number of rotatable bonds is 8. The maximum absolute atomic E-state index is 13.3. The molecule has 8 nitrogen and oxygen atoms in total. The Balaban J connectivity index is 1.29. The second kappa shape index (κ2) is 11.3. The molecule has 0 atom stereocenters. The zero-order chi connectivity index (χ0) is 29.3. The average molecular weight is 609 g/mol. The molecule has 0 spiro atoms. The minimum atomic E-state index is -4.11. The molecule has 0 unspecified atom stereocenters. The van der Waals surface area contributed by atoms with Crippen LogP contribution >= 0.6 is 23.2 Å². The molecule has 4 aromatic carbocycles. The van der Waals surface area contributed by atoms with Crippen LogP contribution in [0.1, 0.15) is 41.4 Å². The van der Waals surface area contributed by atoms with Gasteiger partial charge in [-0.05, 0) is 72.8 Å². The van der Waals surface area contributed by atoms with E-state index in [1.54, 1.807) is 0 Å². The van der Waals surface area contributed by atoms with E-state index in [4.69, 9.17) is 32.7 Å². The first-order valence-electron chi connectivity index (χ1n) is 12.0. The Morgan fingerprint density at radius 3 is 1.24 bits per heavy atom. The summed E-state index contributed by atoms with van der Waals surface area (Å²) in [5.41, 5.74) is 1.16. The average Bonchev–Trinajstić information content (AvgIpc) is 3.20. The quantitative estimate of drug-likeness (QED) is 0.158. The molecule has 4 aromatic rings. The van der Waals surface area contributed by atoms with Crippen molar-refractivity contribution >= 4 is 56.5 Å². The van der Waals surface area contributed by atoms with Gasteiger partial charge in [-0.1, -0.05) is 35.3 Å². The van der Waals surface area contributed by atoms with Crippen LogP contribution in [0.2, 0.25) is 10.0 Å². The maximum Gasteiger partial charge on any atom is 0.338 e. The third kappa shape index (κ3) is 5.78. The number of sulfone groups is 1. The first kappa shape index (κ1) is 28.2. The standard InChI is InChI=1S/C30H18Cl2O8S/c31-21-7-1-17(2-8-21)25(33)15-39-29(35)19-5-11-23-24-12-6-20(14-28(24)41(37,38)27(23)13-19)30(36)40-16-26(34)18-3-9-22(32)10-4-18/h1-14H,15-16H2. The Hall–Kier alpha value is -4.31. The molecule has 1 aliphatic rings. The summed E-state index contributed by atoms with van der Waals surface area (Å²) in [4.78, 5) is 49.6. The van der Waals surface area contributed by atoms with Crippen molar-refractivity contribution in [3.05, 3.63) is 117 Å². The third-order valence-corrected chi connectivity index (χ3v) is 8.64. The molecule has 1 aliphatic heterocycles. The molecule has 5 rings (SSSR count). The van der Waals surface area contributed by atoms with E-state index in [2.05, 4.69) is 0 Å². The van der Waals surface area contributed by atoms with E-state index in [-0.39, 0.29) is 20.9 Å². The van der Waals surface area contributed by atoms with Gasteiger partial charge in [0.05, 0.1) is 20.9 Å². The third-order valence-electron chi connectivity index (χ3n) is 6.30. The summed E-state index contributed by atoms with van der Waals surface area (Å²) in [7, 11) is -4.11. The minimum absolute atomic E-state index is 0.0654. The molecule has 0 fully saturated rings. The smallest absolute Gasteiger partial charge is 0.338 e. The van der Waals surface area contributed by atoms with Gasteiger partial charge in [-0.15, -0.1) is 0 Å². The van der Waals surface area contributed by atoms with Crippen LogP contribution in [0, 0.1) is 0 Å². The number of Topliss-reactive ketones (excluding diaryl/α,β-unsaturated/α-hetero) is 2. The molecule has 11 heteroatoms. The first-order valence-corrected chi connectivity index (χ1v) is 14.2. The van der Waals surface area contributed by atoms with Crippen LogP contribution in [0.4, 0.5) is 0 Å². The van der Waals surface area contributed by atoms with E-state index in [1.807, 2.05) is 0 Å². The van der Waals surface area contributed by atoms with E-state index in [1.165, 1.54) is 84.9 Å². The summed E-state index contributed by atoms with van der Waals surface area (Å²) in [6.07, 6.45) is 0. The van der Waals surface area contributed by atoms with Crippen LogP contribution in [-0.4, -0.2) is 45.1 Å². The fourth-order valence-electron chi connectivity index (χ4n) is 4.17. The number of hydrogen-bond acceptors (Lipinski definition) is 8. The molecular weight excluding hydrogens is 591 g/mol. The van der Waals surface area contributed by atoms with Gasteiger partial charge in [-0.2, -0.15) is 0 Å². The van der Waals surface area contributed by atoms with Crippen LogP contribution in [0.5, 0.6) is 0 Å². The van der Waals surface area contributed by atoms with Crippen molar-refractivity contribution in [1.82, 2.24) is 0 Å². The zero-order valence-electron chi connectivity index (χ0n) is 20.9. The number of carbonyl (C=O) groups is 4. The van der Waals surface area contributed by atoms with E-state index < -0.39 is 46.6 Å². The number of hydrogen-bond donors (Lipinski definition) is 0. The second-order valence-electron chi connectivity index (χ2n) is 8.94. The van der Waals surface area contributed by atoms with Crippen molar-refractivity contribution in [2.45, 2.75) is 9.79 Å². The molecule has 0 saturated heterocycles. The van der Waals surface area contributed by atoms with Gasteiger partial charge >= 0.3 is 11.9 Å². The molecule has 0 aromatic heterocycles. The fourth-order valence-corrected chi connectivity index (χ4v) is 6.16. The van der Waals surface area contributed by atoms with Gasteiger partial charge in [0.25, 0.3) is 0 Å². The van der Waals surface area contributed by atoms with Crippen LogP contribution in [-0.2, 0) is 19.3 Å². The number of halogens is 2. The topological polar surface area (TPSA) is 121 Å². The van der Waals surface area contributed by atoms with Gasteiger partial charge in [0.1, 0.15) is 0 Å². The number of ether oxygens (including phenoxy) is 2. The van der Waals surface area contributed by atoms with Gasteiger partial charge in [-0.25, -0.2) is 18.0 Å². The predicted octanol–water partition coefficient (Wildman–Crippen LogP) is 5.89. The summed E-state index contributed by atoms with van der Waals surface area (Å²) >= 11 is 11.6. The number of ketones is 2. The van der Waals surface area contributed by atoms with Crippen molar-refractivity contribution in [2.75, 3.05) is 13.2 Å². The van der Waals surface area contributed by atoms with Gasteiger partial charge < -0.3 is 9.47 Å². The van der Waals surface area contributed by atoms with Gasteiger partial charge in [-0.3, -0.25) is 9.59 Å². The van der Waals surface area contributed by atoms with Crippen molar-refractivity contribution in [3.63, 3.8) is 0 Å². The SMILES string of the molecule is O=C(COC(=O)c1ccc2c(c1)S(=O)(=O)c1cc(C(=O)OCC(=O)c3ccc(Cl)cc3)ccc1-2)c1ccc(Cl)cc1. The van der Waals surface area contributed by atoms with Crippen molar-refractivity contribution in [1.29, 1.82) is 0 Å². The van der Waals surface area contributed by atoms with Gasteiger partial charge in [0.15, 0.2) is 24.8 Å². The Labute approximate surface area is 244 Å². The number of benzene rings is 4. The van der Waals surface area contributed by atoms with Crippen LogP contribution in [0.25, 0.3) is 11.1 Å². The van der Waals surface area contributed by atoms with E-state index >= 15 is 0 Å². The fraction of sp³-hybridized carbons (Fsp3) is 0.0667. The highest BCUT2D eigenvalue weighted by molar-refractivity contribution is 7.92. The molecule has 0 bridgehead atoms. The summed E-state index contributed by atoms with van der Waals surface area (Å²) < 4.78 is 36.9. The molecule has 41 heavy (non-hydrogen) atoms. The molecule has 206 valence electrons. The van der Waals surface area contributed by atoms with Crippen LogP contribution < -0.4 is 0 Å². The van der Waals surface area contributed by atoms with E-state index in [0.29, 0.717) is 32.3 Å². The summed E-state index contributed by atoms with van der Waals surface area (Å²) in [5, 5.41) is 0.902. The highest BCUT2D eigenvalue weighted by Gasteiger charge is 2.34. The lowest BCUT2D eigenvalue weighted by atomic mass is 10.0. The maximum atomic E-state index is 13.3. The Kier molecular flexibility index (Phi) is 7.77. The second-order valence-corrected chi connectivity index (χ2v) is 11.7. The van der Waals surface area contributed by atoms with E-state index in [9.17, 15) is 27.6 Å².